The molecule has 2 N–H and O–H groups in total. The Bertz CT molecular complexity index is 842. The first-order valence-electron chi connectivity index (χ1n) is 7.45. The molecule has 1 amide bonds. The number of sulfonamides is 1. The van der Waals surface area contributed by atoms with Gasteiger partial charge in [-0.1, -0.05) is 24.3 Å². The van der Waals surface area contributed by atoms with Crippen molar-refractivity contribution in [3.05, 3.63) is 59.7 Å². The third kappa shape index (κ3) is 3.78. The second-order valence-electron chi connectivity index (χ2n) is 5.69. The van der Waals surface area contributed by atoms with Crippen LogP contribution in [0.25, 0.3) is 0 Å². The smallest absolute Gasteiger partial charge is 0.255 e. The molecule has 2 aromatic rings. The number of benzene rings is 2. The molecule has 6 heteroatoms. The predicted octanol–water partition coefficient (Wildman–Crippen LogP) is 2.69. The molecule has 1 saturated carbocycles. The van der Waals surface area contributed by atoms with Crippen LogP contribution >= 0.6 is 0 Å². The van der Waals surface area contributed by atoms with Gasteiger partial charge < -0.3 is 5.32 Å². The second kappa shape index (κ2) is 6.14. The van der Waals surface area contributed by atoms with Crippen LogP contribution < -0.4 is 10.0 Å². The first-order valence-corrected chi connectivity index (χ1v) is 8.93. The predicted molar refractivity (Wildman–Crippen MR) is 88.9 cm³/mol. The third-order valence-electron chi connectivity index (χ3n) is 3.69. The van der Waals surface area contributed by atoms with Gasteiger partial charge in [-0.2, -0.15) is 0 Å². The van der Waals surface area contributed by atoms with Crippen LogP contribution in [0.4, 0.5) is 5.69 Å². The average Bonchev–Trinajstić information content (AvgIpc) is 3.31. The Kier molecular flexibility index (Phi) is 4.19. The van der Waals surface area contributed by atoms with Crippen molar-refractivity contribution in [2.45, 2.75) is 30.7 Å². The number of anilines is 1. The van der Waals surface area contributed by atoms with Gasteiger partial charge in [0.05, 0.1) is 4.90 Å². The number of hydrogen-bond donors (Lipinski definition) is 2. The largest absolute Gasteiger partial charge is 0.322 e. The lowest BCUT2D eigenvalue weighted by Gasteiger charge is -2.10. The van der Waals surface area contributed by atoms with Crippen LogP contribution in [-0.2, 0) is 10.0 Å². The first kappa shape index (κ1) is 15.7. The molecule has 0 atom stereocenters. The molecule has 1 aliphatic rings. The molecule has 5 nitrogen and oxygen atoms in total. The number of amides is 1. The van der Waals surface area contributed by atoms with Gasteiger partial charge in [0, 0.05) is 17.3 Å². The summed E-state index contributed by atoms with van der Waals surface area (Å²) in [5.41, 5.74) is 1.89. The van der Waals surface area contributed by atoms with Crippen LogP contribution in [0.15, 0.2) is 53.4 Å². The van der Waals surface area contributed by atoms with Crippen molar-refractivity contribution >= 4 is 21.6 Å². The summed E-state index contributed by atoms with van der Waals surface area (Å²) in [6, 6.07) is 13.6. The van der Waals surface area contributed by atoms with Gasteiger partial charge in [-0.25, -0.2) is 13.1 Å². The number of aryl methyl sites for hydroxylation is 1. The van der Waals surface area contributed by atoms with E-state index >= 15 is 0 Å². The molecular weight excluding hydrogens is 312 g/mol. The Labute approximate surface area is 135 Å². The molecule has 0 heterocycles. The summed E-state index contributed by atoms with van der Waals surface area (Å²) in [7, 11) is -3.53. The van der Waals surface area contributed by atoms with Crippen molar-refractivity contribution in [3.63, 3.8) is 0 Å². The molecule has 0 bridgehead atoms. The van der Waals surface area contributed by atoms with Gasteiger partial charge in [0.1, 0.15) is 0 Å². The zero-order chi connectivity index (χ0) is 16.4. The fraction of sp³-hybridized carbons (Fsp3) is 0.235. The minimum Gasteiger partial charge on any atom is -0.322 e. The molecule has 120 valence electrons. The molecule has 0 unspecified atom stereocenters. The van der Waals surface area contributed by atoms with E-state index in [1.807, 2.05) is 19.1 Å². The van der Waals surface area contributed by atoms with Crippen molar-refractivity contribution in [3.8, 4) is 0 Å². The van der Waals surface area contributed by atoms with E-state index in [9.17, 15) is 13.2 Å². The first-order chi connectivity index (χ1) is 11.0. The van der Waals surface area contributed by atoms with Crippen LogP contribution in [0, 0.1) is 6.92 Å². The van der Waals surface area contributed by atoms with Crippen molar-refractivity contribution in [2.24, 2.45) is 0 Å². The van der Waals surface area contributed by atoms with Gasteiger partial charge in [-0.3, -0.25) is 4.79 Å². The summed E-state index contributed by atoms with van der Waals surface area (Å²) in [5.74, 6) is -0.257. The Morgan fingerprint density at radius 1 is 1.09 bits per heavy atom. The lowest BCUT2D eigenvalue weighted by atomic mass is 10.1. The number of rotatable bonds is 5. The van der Waals surface area contributed by atoms with Crippen molar-refractivity contribution in [1.82, 2.24) is 4.72 Å². The minimum absolute atomic E-state index is 0.0465. The molecule has 0 aromatic heterocycles. The van der Waals surface area contributed by atoms with Gasteiger partial charge in [0.15, 0.2) is 0 Å². The molecule has 1 fully saturated rings. The molecule has 0 saturated heterocycles. The number of carbonyl (C=O) groups is 1. The zero-order valence-electron chi connectivity index (χ0n) is 12.7. The highest BCUT2D eigenvalue weighted by Crippen LogP contribution is 2.23. The molecular formula is C17H18N2O3S. The van der Waals surface area contributed by atoms with Gasteiger partial charge in [-0.15, -0.1) is 0 Å². The van der Waals surface area contributed by atoms with Crippen molar-refractivity contribution in [2.75, 3.05) is 5.32 Å². The Morgan fingerprint density at radius 3 is 2.52 bits per heavy atom. The van der Waals surface area contributed by atoms with Gasteiger partial charge in [0.2, 0.25) is 10.0 Å². The maximum atomic E-state index is 12.3. The monoisotopic (exact) mass is 330 g/mol. The van der Waals surface area contributed by atoms with Crippen LogP contribution in [0.2, 0.25) is 0 Å². The lowest BCUT2D eigenvalue weighted by Crippen LogP contribution is -2.25. The molecule has 1 aliphatic carbocycles. The topological polar surface area (TPSA) is 75.3 Å². The van der Waals surface area contributed by atoms with Gasteiger partial charge in [-0.05, 0) is 49.6 Å². The highest BCUT2D eigenvalue weighted by Gasteiger charge is 2.28. The van der Waals surface area contributed by atoms with E-state index in [-0.39, 0.29) is 16.8 Å². The Hall–Kier alpha value is -2.18. The zero-order valence-corrected chi connectivity index (χ0v) is 13.6. The number of hydrogen-bond acceptors (Lipinski definition) is 3. The number of carbonyl (C=O) groups excluding carboxylic acids is 1. The van der Waals surface area contributed by atoms with Crippen LogP contribution in [0.1, 0.15) is 28.8 Å². The average molecular weight is 330 g/mol. The summed E-state index contributed by atoms with van der Waals surface area (Å²) < 4.78 is 27.1. The molecule has 0 radical (unpaired) electrons. The summed E-state index contributed by atoms with van der Waals surface area (Å²) >= 11 is 0. The van der Waals surface area contributed by atoms with E-state index in [1.54, 1.807) is 24.3 Å². The van der Waals surface area contributed by atoms with E-state index in [4.69, 9.17) is 0 Å². The maximum absolute atomic E-state index is 12.3. The lowest BCUT2D eigenvalue weighted by molar-refractivity contribution is 0.102. The standard InChI is InChI=1S/C17H18N2O3S/c1-12-5-2-3-8-16(12)17(20)18-14-6-4-7-15(11-14)23(21,22)19-13-9-10-13/h2-8,11,13,19H,9-10H2,1H3,(H,18,20). The highest BCUT2D eigenvalue weighted by atomic mass is 32.2. The van der Waals surface area contributed by atoms with Crippen LogP contribution in [-0.4, -0.2) is 20.4 Å². The quantitative estimate of drug-likeness (QED) is 0.885. The van der Waals surface area contributed by atoms with Crippen LogP contribution in [0.5, 0.6) is 0 Å². The molecule has 2 aromatic carbocycles. The Morgan fingerprint density at radius 2 is 1.83 bits per heavy atom. The maximum Gasteiger partial charge on any atom is 0.255 e. The van der Waals surface area contributed by atoms with Crippen molar-refractivity contribution in [1.29, 1.82) is 0 Å². The Balaban J connectivity index is 1.80. The summed E-state index contributed by atoms with van der Waals surface area (Å²) in [6.07, 6.45) is 1.76. The molecule has 23 heavy (non-hydrogen) atoms. The third-order valence-corrected chi connectivity index (χ3v) is 5.21. The van der Waals surface area contributed by atoms with E-state index in [2.05, 4.69) is 10.0 Å². The number of nitrogens with one attached hydrogen (secondary N) is 2. The van der Waals surface area contributed by atoms with E-state index in [0.717, 1.165) is 18.4 Å². The SMILES string of the molecule is Cc1ccccc1C(=O)Nc1cccc(S(=O)(=O)NC2CC2)c1. The fourth-order valence-corrected chi connectivity index (χ4v) is 3.61. The van der Waals surface area contributed by atoms with Gasteiger partial charge >= 0.3 is 0 Å². The summed E-state index contributed by atoms with van der Waals surface area (Å²) in [6.45, 7) is 1.86. The van der Waals surface area contributed by atoms with E-state index in [0.29, 0.717) is 11.3 Å². The van der Waals surface area contributed by atoms with E-state index in [1.165, 1.54) is 12.1 Å². The van der Waals surface area contributed by atoms with Gasteiger partial charge in [0.25, 0.3) is 5.91 Å². The van der Waals surface area contributed by atoms with E-state index < -0.39 is 10.0 Å². The van der Waals surface area contributed by atoms with Crippen molar-refractivity contribution < 1.29 is 13.2 Å². The molecule has 3 rings (SSSR count). The minimum atomic E-state index is -3.53. The normalized spacial score (nSPS) is 14.5. The molecule has 0 spiro atoms. The fourth-order valence-electron chi connectivity index (χ4n) is 2.26. The molecule has 0 aliphatic heterocycles. The summed E-state index contributed by atoms with van der Waals surface area (Å²) in [5, 5.41) is 2.75. The second-order valence-corrected chi connectivity index (χ2v) is 7.41. The van der Waals surface area contributed by atoms with Crippen LogP contribution in [0.3, 0.4) is 0 Å². The highest BCUT2D eigenvalue weighted by molar-refractivity contribution is 7.89. The summed E-state index contributed by atoms with van der Waals surface area (Å²) in [4.78, 5) is 12.5.